The first-order valence-electron chi connectivity index (χ1n) is 6.32. The molecule has 0 bridgehead atoms. The van der Waals surface area contributed by atoms with Crippen molar-refractivity contribution in [3.63, 3.8) is 0 Å². The molecule has 2 heterocycles. The van der Waals surface area contributed by atoms with Gasteiger partial charge in [0.25, 0.3) is 5.91 Å². The minimum atomic E-state index is 0.0144. The number of nitrogens with zero attached hydrogens (tertiary/aromatic N) is 2. The van der Waals surface area contributed by atoms with Gasteiger partial charge in [0.15, 0.2) is 5.17 Å². The van der Waals surface area contributed by atoms with Gasteiger partial charge in [0, 0.05) is 17.6 Å². The second-order valence-electron chi connectivity index (χ2n) is 4.94. The first-order valence-corrected chi connectivity index (χ1v) is 7.13. The van der Waals surface area contributed by atoms with E-state index in [1.807, 2.05) is 39.8 Å². The number of carbonyl (C=O) groups excluding carboxylic acids is 1. The Hall–Kier alpha value is -1.49. The topological polar surface area (TPSA) is 45.8 Å². The first-order chi connectivity index (χ1) is 8.99. The predicted octanol–water partition coefficient (Wildman–Crippen LogP) is 3.37. The van der Waals surface area contributed by atoms with E-state index in [-0.39, 0.29) is 18.0 Å². The highest BCUT2D eigenvalue weighted by atomic mass is 32.2. The number of rotatable bonds is 3. The number of aliphatic imine (C=N–C) groups is 1. The van der Waals surface area contributed by atoms with Gasteiger partial charge in [0.2, 0.25) is 0 Å². The number of carbonyl (C=O) groups is 1. The Labute approximate surface area is 117 Å². The molecule has 19 heavy (non-hydrogen) atoms. The van der Waals surface area contributed by atoms with Crippen molar-refractivity contribution in [3.8, 4) is 0 Å². The Bertz CT molecular complexity index is 516. The van der Waals surface area contributed by atoms with Gasteiger partial charge in [0.1, 0.15) is 0 Å². The summed E-state index contributed by atoms with van der Waals surface area (Å²) in [6.07, 6.45) is 5.06. The lowest BCUT2D eigenvalue weighted by Crippen LogP contribution is -2.35. The van der Waals surface area contributed by atoms with Gasteiger partial charge in [0.05, 0.1) is 17.4 Å². The molecule has 0 aromatic carbocycles. The number of hydrogen-bond acceptors (Lipinski definition) is 4. The van der Waals surface area contributed by atoms with E-state index in [2.05, 4.69) is 4.99 Å². The highest BCUT2D eigenvalue weighted by Crippen LogP contribution is 2.34. The zero-order chi connectivity index (χ0) is 14.0. The largest absolute Gasteiger partial charge is 0.472 e. The van der Waals surface area contributed by atoms with Crippen LogP contribution in [0.4, 0.5) is 0 Å². The molecule has 1 aromatic rings. The lowest BCUT2D eigenvalue weighted by atomic mass is 10.2. The van der Waals surface area contributed by atoms with Gasteiger partial charge < -0.3 is 4.42 Å². The lowest BCUT2D eigenvalue weighted by molar-refractivity contribution is -0.123. The molecule has 2 rings (SSSR count). The average Bonchev–Trinajstić information content (AvgIpc) is 2.88. The van der Waals surface area contributed by atoms with Crippen LogP contribution in [0.25, 0.3) is 6.08 Å². The van der Waals surface area contributed by atoms with Crippen LogP contribution in [0, 0.1) is 0 Å². The van der Waals surface area contributed by atoms with Crippen LogP contribution in [0.3, 0.4) is 0 Å². The highest BCUT2D eigenvalue weighted by Gasteiger charge is 2.35. The summed E-state index contributed by atoms with van der Waals surface area (Å²) in [4.78, 5) is 19.4. The summed E-state index contributed by atoms with van der Waals surface area (Å²) >= 11 is 1.43. The Morgan fingerprint density at radius 3 is 2.63 bits per heavy atom. The molecule has 5 heteroatoms. The molecule has 1 aliphatic rings. The minimum absolute atomic E-state index is 0.0144. The van der Waals surface area contributed by atoms with Gasteiger partial charge in [-0.05, 0) is 51.6 Å². The third-order valence-electron chi connectivity index (χ3n) is 2.56. The molecule has 1 aromatic heterocycles. The first kappa shape index (κ1) is 13.9. The van der Waals surface area contributed by atoms with Crippen LogP contribution in [0.5, 0.6) is 0 Å². The van der Waals surface area contributed by atoms with Gasteiger partial charge in [-0.1, -0.05) is 0 Å². The summed E-state index contributed by atoms with van der Waals surface area (Å²) in [7, 11) is 0. The molecule has 0 unspecified atom stereocenters. The van der Waals surface area contributed by atoms with Crippen molar-refractivity contribution in [1.82, 2.24) is 4.90 Å². The molecule has 0 aliphatic carbocycles. The van der Waals surface area contributed by atoms with Gasteiger partial charge in [-0.25, -0.2) is 0 Å². The van der Waals surface area contributed by atoms with Crippen molar-refractivity contribution in [2.24, 2.45) is 4.99 Å². The minimum Gasteiger partial charge on any atom is -0.472 e. The molecular formula is C14H18N2O2S. The summed E-state index contributed by atoms with van der Waals surface area (Å²) in [5, 5.41) is 0.782. The van der Waals surface area contributed by atoms with E-state index in [4.69, 9.17) is 4.42 Å². The molecule has 1 fully saturated rings. The number of furan rings is 1. The van der Waals surface area contributed by atoms with Crippen LogP contribution < -0.4 is 0 Å². The molecule has 1 amide bonds. The molecular weight excluding hydrogens is 260 g/mol. The quantitative estimate of drug-likeness (QED) is 0.796. The predicted molar refractivity (Wildman–Crippen MR) is 78.8 cm³/mol. The van der Waals surface area contributed by atoms with Crippen molar-refractivity contribution >= 4 is 28.9 Å². The number of amides is 1. The van der Waals surface area contributed by atoms with Crippen molar-refractivity contribution < 1.29 is 9.21 Å². The maximum atomic E-state index is 12.4. The maximum Gasteiger partial charge on any atom is 0.266 e. The standard InChI is InChI=1S/C14H18N2O2S/c1-9(2)15-14-16(10(3)4)13(17)12(19-14)7-11-5-6-18-8-11/h5-10H,1-4H3/b12-7+,15-14?. The van der Waals surface area contributed by atoms with Gasteiger partial charge in [-0.15, -0.1) is 0 Å². The van der Waals surface area contributed by atoms with Gasteiger partial charge in [-0.3, -0.25) is 14.7 Å². The smallest absolute Gasteiger partial charge is 0.266 e. The third kappa shape index (κ3) is 3.10. The van der Waals surface area contributed by atoms with Crippen molar-refractivity contribution in [3.05, 3.63) is 29.1 Å². The SMILES string of the molecule is CC(C)N=C1S/C(=C/c2ccoc2)C(=O)N1C(C)C. The second kappa shape index (κ2) is 5.65. The molecule has 0 N–H and O–H groups in total. The van der Waals surface area contributed by atoms with E-state index in [1.54, 1.807) is 17.4 Å². The van der Waals surface area contributed by atoms with Crippen LogP contribution in [0.1, 0.15) is 33.3 Å². The zero-order valence-electron chi connectivity index (χ0n) is 11.6. The van der Waals surface area contributed by atoms with E-state index in [9.17, 15) is 4.79 Å². The Balaban J connectivity index is 2.33. The van der Waals surface area contributed by atoms with E-state index < -0.39 is 0 Å². The molecule has 0 atom stereocenters. The van der Waals surface area contributed by atoms with Gasteiger partial charge >= 0.3 is 0 Å². The highest BCUT2D eigenvalue weighted by molar-refractivity contribution is 8.18. The van der Waals surface area contributed by atoms with Crippen LogP contribution in [0.2, 0.25) is 0 Å². The molecule has 0 radical (unpaired) electrons. The molecule has 0 spiro atoms. The van der Waals surface area contributed by atoms with Crippen LogP contribution in [0.15, 0.2) is 32.9 Å². The van der Waals surface area contributed by atoms with Crippen molar-refractivity contribution in [2.75, 3.05) is 0 Å². The monoisotopic (exact) mass is 278 g/mol. The lowest BCUT2D eigenvalue weighted by Gasteiger charge is -2.20. The molecule has 0 saturated carbocycles. The average molecular weight is 278 g/mol. The summed E-state index contributed by atoms with van der Waals surface area (Å²) in [5.74, 6) is 0.0144. The molecule has 4 nitrogen and oxygen atoms in total. The fourth-order valence-corrected chi connectivity index (χ4v) is 2.99. The zero-order valence-corrected chi connectivity index (χ0v) is 12.4. The number of amidine groups is 1. The van der Waals surface area contributed by atoms with E-state index in [0.29, 0.717) is 4.91 Å². The summed E-state index contributed by atoms with van der Waals surface area (Å²) in [6, 6.07) is 2.11. The van der Waals surface area contributed by atoms with Gasteiger partial charge in [-0.2, -0.15) is 0 Å². The summed E-state index contributed by atoms with van der Waals surface area (Å²) in [5.41, 5.74) is 0.894. The molecule has 102 valence electrons. The van der Waals surface area contributed by atoms with E-state index in [0.717, 1.165) is 10.7 Å². The van der Waals surface area contributed by atoms with Crippen molar-refractivity contribution in [2.45, 2.75) is 39.8 Å². The summed E-state index contributed by atoms with van der Waals surface area (Å²) < 4.78 is 5.02. The second-order valence-corrected chi connectivity index (χ2v) is 5.95. The number of thioether (sulfide) groups is 1. The third-order valence-corrected chi connectivity index (χ3v) is 3.56. The normalized spacial score (nSPS) is 20.5. The fourth-order valence-electron chi connectivity index (χ4n) is 1.76. The Morgan fingerprint density at radius 2 is 2.11 bits per heavy atom. The maximum absolute atomic E-state index is 12.4. The van der Waals surface area contributed by atoms with Crippen molar-refractivity contribution in [1.29, 1.82) is 0 Å². The fraction of sp³-hybridized carbons (Fsp3) is 0.429. The number of hydrogen-bond donors (Lipinski definition) is 0. The summed E-state index contributed by atoms with van der Waals surface area (Å²) in [6.45, 7) is 8.01. The Kier molecular flexibility index (Phi) is 4.14. The van der Waals surface area contributed by atoms with Crippen LogP contribution >= 0.6 is 11.8 Å². The van der Waals surface area contributed by atoms with E-state index in [1.165, 1.54) is 11.8 Å². The van der Waals surface area contributed by atoms with Crippen LogP contribution in [-0.4, -0.2) is 28.1 Å². The van der Waals surface area contributed by atoms with Crippen LogP contribution in [-0.2, 0) is 4.79 Å². The Morgan fingerprint density at radius 1 is 1.37 bits per heavy atom. The molecule has 1 saturated heterocycles. The molecule has 1 aliphatic heterocycles. The van der Waals surface area contributed by atoms with E-state index >= 15 is 0 Å².